The maximum atomic E-state index is 7.91. The molecule has 3 heteroatoms. The molecule has 3 nitrogen and oxygen atoms in total. The van der Waals surface area contributed by atoms with Gasteiger partial charge in [-0.2, -0.15) is 0 Å². The molecule has 0 heterocycles. The van der Waals surface area contributed by atoms with Gasteiger partial charge in [-0.05, 0) is 18.3 Å². The highest BCUT2D eigenvalue weighted by Gasteiger charge is 2.08. The summed E-state index contributed by atoms with van der Waals surface area (Å²) in [6.07, 6.45) is 10.1. The van der Waals surface area contributed by atoms with E-state index in [4.69, 9.17) is 5.26 Å². The summed E-state index contributed by atoms with van der Waals surface area (Å²) in [4.78, 5) is 4.37. The van der Waals surface area contributed by atoms with Crippen molar-refractivity contribution in [1.29, 1.82) is 0 Å². The van der Waals surface area contributed by atoms with Gasteiger partial charge in [0.2, 0.25) is 0 Å². The van der Waals surface area contributed by atoms with Crippen LogP contribution >= 0.6 is 0 Å². The topological polar surface area (TPSA) is 38.7 Å². The summed E-state index contributed by atoms with van der Waals surface area (Å²) in [6.45, 7) is 7.39. The Labute approximate surface area is 100.0 Å². The molecule has 0 bridgehead atoms. The first kappa shape index (κ1) is 15.9. The lowest BCUT2D eigenvalue weighted by molar-refractivity contribution is -0.490. The molecule has 0 atom stereocenters. The molecule has 0 spiro atoms. The maximum Gasteiger partial charge on any atom is 0.0853 e. The summed E-state index contributed by atoms with van der Waals surface area (Å²) >= 11 is 0. The van der Waals surface area contributed by atoms with Crippen molar-refractivity contribution in [2.75, 3.05) is 6.61 Å². The van der Waals surface area contributed by atoms with Crippen LogP contribution in [0.2, 0.25) is 0 Å². The van der Waals surface area contributed by atoms with E-state index in [0.717, 1.165) is 12.8 Å². The number of hydrogen-bond acceptors (Lipinski definition) is 3. The smallest absolute Gasteiger partial charge is 0.0853 e. The Bertz CT molecular complexity index is 141. The lowest BCUT2D eigenvalue weighted by Gasteiger charge is -2.17. The Hall–Kier alpha value is -0.120. The Balaban J connectivity index is 2.99. The first-order chi connectivity index (χ1) is 7.56. The van der Waals surface area contributed by atoms with Gasteiger partial charge in [0.05, 0.1) is 6.61 Å². The number of unbranched alkanes of at least 4 members (excludes halogenated alkanes) is 6. The Kier molecular flexibility index (Phi) is 9.99. The maximum absolute atomic E-state index is 7.91. The van der Waals surface area contributed by atoms with Crippen molar-refractivity contribution < 1.29 is 15.2 Å². The van der Waals surface area contributed by atoms with Gasteiger partial charge in [-0.25, -0.2) is 10.1 Å². The van der Waals surface area contributed by atoms with Crippen LogP contribution < -0.4 is 0 Å². The van der Waals surface area contributed by atoms with Gasteiger partial charge in [0.25, 0.3) is 0 Å². The molecule has 0 aliphatic carbocycles. The van der Waals surface area contributed by atoms with Gasteiger partial charge in [-0.15, -0.1) is 0 Å². The van der Waals surface area contributed by atoms with Crippen LogP contribution in [0.25, 0.3) is 0 Å². The molecular formula is C13H28O3. The monoisotopic (exact) mass is 232 g/mol. The van der Waals surface area contributed by atoms with Crippen molar-refractivity contribution in [2.24, 2.45) is 5.41 Å². The molecule has 0 fully saturated rings. The van der Waals surface area contributed by atoms with Crippen molar-refractivity contribution in [2.45, 2.75) is 72.1 Å². The first-order valence-corrected chi connectivity index (χ1v) is 6.49. The fraction of sp³-hybridized carbons (Fsp3) is 1.00. The minimum absolute atomic E-state index is 0.487. The highest BCUT2D eigenvalue weighted by molar-refractivity contribution is 4.60. The molecule has 0 aromatic carbocycles. The molecule has 0 aliphatic rings. The summed E-state index contributed by atoms with van der Waals surface area (Å²) in [7, 11) is 0. The van der Waals surface area contributed by atoms with Crippen molar-refractivity contribution in [3.63, 3.8) is 0 Å². The summed E-state index contributed by atoms with van der Waals surface area (Å²) in [5, 5.41) is 11.4. The molecule has 0 rings (SSSR count). The zero-order chi connectivity index (χ0) is 12.3. The van der Waals surface area contributed by atoms with Crippen LogP contribution in [-0.4, -0.2) is 11.9 Å². The van der Waals surface area contributed by atoms with Crippen LogP contribution in [0.3, 0.4) is 0 Å². The van der Waals surface area contributed by atoms with Gasteiger partial charge in [0.1, 0.15) is 0 Å². The fourth-order valence-electron chi connectivity index (χ4n) is 1.74. The Morgan fingerprint density at radius 1 is 0.812 bits per heavy atom. The summed E-state index contributed by atoms with van der Waals surface area (Å²) in [5.74, 6) is 0. The Morgan fingerprint density at radius 2 is 1.31 bits per heavy atom. The first-order valence-electron chi connectivity index (χ1n) is 6.49. The van der Waals surface area contributed by atoms with E-state index in [-0.39, 0.29) is 0 Å². The zero-order valence-corrected chi connectivity index (χ0v) is 11.1. The predicted molar refractivity (Wildman–Crippen MR) is 66.1 cm³/mol. The van der Waals surface area contributed by atoms with E-state index >= 15 is 0 Å². The van der Waals surface area contributed by atoms with E-state index in [9.17, 15) is 0 Å². The lowest BCUT2D eigenvalue weighted by atomic mass is 9.89. The van der Waals surface area contributed by atoms with Crippen LogP contribution in [0.1, 0.15) is 72.1 Å². The predicted octanol–water partition coefficient (Wildman–Crippen LogP) is 4.57. The number of rotatable bonds is 10. The normalized spacial score (nSPS) is 12.0. The third-order valence-corrected chi connectivity index (χ3v) is 2.71. The van der Waals surface area contributed by atoms with Gasteiger partial charge >= 0.3 is 0 Å². The van der Waals surface area contributed by atoms with Crippen LogP contribution in [0, 0.1) is 5.41 Å². The highest BCUT2D eigenvalue weighted by Crippen LogP contribution is 2.22. The average molecular weight is 232 g/mol. The fourth-order valence-corrected chi connectivity index (χ4v) is 1.74. The van der Waals surface area contributed by atoms with E-state index in [1.54, 1.807) is 0 Å². The van der Waals surface area contributed by atoms with Gasteiger partial charge in [-0.1, -0.05) is 64.3 Å². The molecule has 0 aliphatic heterocycles. The molecule has 0 unspecified atom stereocenters. The zero-order valence-electron chi connectivity index (χ0n) is 11.1. The van der Waals surface area contributed by atoms with E-state index in [1.807, 2.05) is 0 Å². The SMILES string of the molecule is CC(C)(C)CCCCCCCCCOOO. The molecule has 0 saturated carbocycles. The third-order valence-electron chi connectivity index (χ3n) is 2.71. The van der Waals surface area contributed by atoms with Crippen LogP contribution in [0.5, 0.6) is 0 Å². The molecule has 0 radical (unpaired) electrons. The van der Waals surface area contributed by atoms with E-state index in [1.165, 1.54) is 38.5 Å². The summed E-state index contributed by atoms with van der Waals surface area (Å²) in [5.41, 5.74) is 0.488. The third kappa shape index (κ3) is 13.9. The molecule has 1 N–H and O–H groups in total. The summed E-state index contributed by atoms with van der Waals surface area (Å²) < 4.78 is 0. The molecule has 98 valence electrons. The van der Waals surface area contributed by atoms with Crippen LogP contribution in [-0.2, 0) is 9.93 Å². The minimum atomic E-state index is 0.487. The average Bonchev–Trinajstić information content (AvgIpc) is 2.19. The highest BCUT2D eigenvalue weighted by atomic mass is 17.5. The minimum Gasteiger partial charge on any atom is -0.221 e. The Morgan fingerprint density at radius 3 is 1.81 bits per heavy atom. The van der Waals surface area contributed by atoms with Crippen molar-refractivity contribution in [3.8, 4) is 0 Å². The molecule has 0 aromatic rings. The van der Waals surface area contributed by atoms with E-state index in [2.05, 4.69) is 30.7 Å². The molecule has 16 heavy (non-hydrogen) atoms. The van der Waals surface area contributed by atoms with Gasteiger partial charge in [-0.3, -0.25) is 0 Å². The van der Waals surface area contributed by atoms with Crippen molar-refractivity contribution in [3.05, 3.63) is 0 Å². The summed E-state index contributed by atoms with van der Waals surface area (Å²) in [6, 6.07) is 0. The second kappa shape index (κ2) is 10.1. The van der Waals surface area contributed by atoms with Gasteiger partial charge in [0, 0.05) is 0 Å². The van der Waals surface area contributed by atoms with E-state index in [0.29, 0.717) is 12.0 Å². The van der Waals surface area contributed by atoms with Crippen LogP contribution in [0.15, 0.2) is 0 Å². The molecule has 0 amide bonds. The largest absolute Gasteiger partial charge is 0.221 e. The van der Waals surface area contributed by atoms with Gasteiger partial charge < -0.3 is 0 Å². The molecular weight excluding hydrogens is 204 g/mol. The standard InChI is InChI=1S/C13H28O3/c1-13(2,3)11-9-7-5-4-6-8-10-12-15-16-14/h14H,4-12H2,1-3H3. The molecule has 0 saturated heterocycles. The van der Waals surface area contributed by atoms with Crippen molar-refractivity contribution >= 4 is 0 Å². The lowest BCUT2D eigenvalue weighted by Crippen LogP contribution is -2.03. The second-order valence-electron chi connectivity index (χ2n) is 5.68. The number of hydrogen-bond donors (Lipinski definition) is 1. The van der Waals surface area contributed by atoms with Crippen LogP contribution in [0.4, 0.5) is 0 Å². The molecule has 0 aromatic heterocycles. The second-order valence-corrected chi connectivity index (χ2v) is 5.68. The van der Waals surface area contributed by atoms with Crippen molar-refractivity contribution in [1.82, 2.24) is 0 Å². The van der Waals surface area contributed by atoms with Gasteiger partial charge in [0.15, 0.2) is 0 Å². The quantitative estimate of drug-likeness (QED) is 0.340. The van der Waals surface area contributed by atoms with E-state index < -0.39 is 0 Å².